The summed E-state index contributed by atoms with van der Waals surface area (Å²) >= 11 is 0. The number of benzene rings is 1. The summed E-state index contributed by atoms with van der Waals surface area (Å²) in [5.74, 6) is -1.39. The Balaban J connectivity index is 3.12. The van der Waals surface area contributed by atoms with Gasteiger partial charge in [0.25, 0.3) is 0 Å². The van der Waals surface area contributed by atoms with Crippen molar-refractivity contribution in [3.05, 3.63) is 24.0 Å². The average Bonchev–Trinajstić information content (AvgIpc) is 2.34. The number of carbonyl (C=O) groups excluding carboxylic acids is 1. The molecule has 0 aromatic heterocycles. The molecule has 0 aliphatic rings. The summed E-state index contributed by atoms with van der Waals surface area (Å²) in [5, 5.41) is 2.59. The van der Waals surface area contributed by atoms with Crippen LogP contribution < -0.4 is 11.1 Å². The molecule has 0 radical (unpaired) electrons. The predicted molar refractivity (Wildman–Crippen MR) is 78.5 cm³/mol. The smallest absolute Gasteiger partial charge is 0.248 e. The Morgan fingerprint density at radius 1 is 1.43 bits per heavy atom. The number of hydrogen-bond donors (Lipinski definition) is 2. The van der Waals surface area contributed by atoms with E-state index >= 15 is 0 Å². The lowest BCUT2D eigenvalue weighted by Crippen LogP contribution is -2.42. The first-order valence-corrected chi connectivity index (χ1v) is 7.97. The van der Waals surface area contributed by atoms with Crippen molar-refractivity contribution in [3.63, 3.8) is 0 Å². The molecule has 0 spiro atoms. The number of rotatable bonds is 6. The number of nitrogens with two attached hydrogens (primary N) is 1. The van der Waals surface area contributed by atoms with Crippen LogP contribution in [-0.4, -0.2) is 37.8 Å². The van der Waals surface area contributed by atoms with E-state index in [4.69, 9.17) is 5.73 Å². The highest BCUT2D eigenvalue weighted by atomic mass is 32.2. The number of halogens is 1. The number of hydrogen-bond acceptors (Lipinski definition) is 4. The minimum atomic E-state index is -4.17. The van der Waals surface area contributed by atoms with Crippen molar-refractivity contribution in [3.8, 4) is 0 Å². The first kappa shape index (κ1) is 17.4. The molecule has 0 saturated heterocycles. The van der Waals surface area contributed by atoms with E-state index in [1.165, 1.54) is 12.1 Å². The van der Waals surface area contributed by atoms with Crippen LogP contribution in [-0.2, 0) is 14.8 Å². The molecule has 0 saturated carbocycles. The zero-order chi connectivity index (χ0) is 16.2. The quantitative estimate of drug-likeness (QED) is 0.764. The molecule has 8 heteroatoms. The number of likely N-dealkylation sites (N-methyl/N-ethyl adjacent to an activating group) is 1. The molecule has 6 nitrogen and oxygen atoms in total. The summed E-state index contributed by atoms with van der Waals surface area (Å²) in [6.45, 7) is 4.73. The molecule has 0 unspecified atom stereocenters. The monoisotopic (exact) mass is 317 g/mol. The maximum atomic E-state index is 13.8. The van der Waals surface area contributed by atoms with E-state index in [0.29, 0.717) is 0 Å². The molecule has 0 aliphatic heterocycles. The Bertz CT molecular complexity index is 597. The van der Waals surface area contributed by atoms with Crippen molar-refractivity contribution in [2.24, 2.45) is 0 Å². The van der Waals surface area contributed by atoms with Crippen LogP contribution in [0.2, 0.25) is 0 Å². The van der Waals surface area contributed by atoms with Crippen LogP contribution in [0.5, 0.6) is 0 Å². The Morgan fingerprint density at radius 3 is 2.52 bits per heavy atom. The third-order valence-electron chi connectivity index (χ3n) is 2.72. The largest absolute Gasteiger partial charge is 0.398 e. The van der Waals surface area contributed by atoms with Gasteiger partial charge >= 0.3 is 0 Å². The second-order valence-corrected chi connectivity index (χ2v) is 6.69. The number of nitrogens with zero attached hydrogens (tertiary/aromatic N) is 1. The standard InChI is InChI=1S/C13H20FN3O3S/c1-4-17(8-12(18)16-9(2)3)21(19,20)13-10(14)6-5-7-11(13)15/h5-7,9H,4,8,15H2,1-3H3,(H,16,18). The first-order valence-electron chi connectivity index (χ1n) is 6.53. The number of carbonyl (C=O) groups is 1. The zero-order valence-electron chi connectivity index (χ0n) is 12.3. The van der Waals surface area contributed by atoms with Crippen LogP contribution in [0.4, 0.5) is 10.1 Å². The summed E-state index contributed by atoms with van der Waals surface area (Å²) in [7, 11) is -4.17. The third-order valence-corrected chi connectivity index (χ3v) is 4.73. The molecule has 0 heterocycles. The highest BCUT2D eigenvalue weighted by Gasteiger charge is 2.30. The zero-order valence-corrected chi connectivity index (χ0v) is 13.1. The first-order chi connectivity index (χ1) is 9.70. The van der Waals surface area contributed by atoms with Crippen LogP contribution in [0, 0.1) is 5.82 Å². The van der Waals surface area contributed by atoms with Gasteiger partial charge < -0.3 is 11.1 Å². The molecule has 118 valence electrons. The van der Waals surface area contributed by atoms with E-state index in [-0.39, 0.29) is 24.8 Å². The fourth-order valence-corrected chi connectivity index (χ4v) is 3.39. The van der Waals surface area contributed by atoms with Crippen molar-refractivity contribution in [1.82, 2.24) is 9.62 Å². The van der Waals surface area contributed by atoms with Crippen LogP contribution in [0.1, 0.15) is 20.8 Å². The lowest BCUT2D eigenvalue weighted by atomic mass is 10.3. The van der Waals surface area contributed by atoms with Crippen molar-refractivity contribution in [2.45, 2.75) is 31.7 Å². The molecule has 0 fully saturated rings. The number of nitrogen functional groups attached to an aromatic ring is 1. The summed E-state index contributed by atoms with van der Waals surface area (Å²) in [4.78, 5) is 11.1. The van der Waals surface area contributed by atoms with E-state index in [9.17, 15) is 17.6 Å². The van der Waals surface area contributed by atoms with Crippen LogP contribution in [0.3, 0.4) is 0 Å². The van der Waals surface area contributed by atoms with Crippen LogP contribution in [0.15, 0.2) is 23.1 Å². The topological polar surface area (TPSA) is 92.5 Å². The minimum absolute atomic E-state index is 0.0294. The van der Waals surface area contributed by atoms with Crippen molar-refractivity contribution >= 4 is 21.6 Å². The Morgan fingerprint density at radius 2 is 2.05 bits per heavy atom. The highest BCUT2D eigenvalue weighted by Crippen LogP contribution is 2.25. The van der Waals surface area contributed by atoms with Gasteiger partial charge in [-0.2, -0.15) is 4.31 Å². The molecule has 21 heavy (non-hydrogen) atoms. The van der Waals surface area contributed by atoms with Gasteiger partial charge in [-0.1, -0.05) is 13.0 Å². The number of anilines is 1. The van der Waals surface area contributed by atoms with Crippen LogP contribution >= 0.6 is 0 Å². The molecule has 0 bridgehead atoms. The van der Waals surface area contributed by atoms with Crippen molar-refractivity contribution < 1.29 is 17.6 Å². The minimum Gasteiger partial charge on any atom is -0.398 e. The van der Waals surface area contributed by atoms with Crippen LogP contribution in [0.25, 0.3) is 0 Å². The summed E-state index contributed by atoms with van der Waals surface area (Å²) in [6, 6.07) is 3.53. The van der Waals surface area contributed by atoms with Crippen molar-refractivity contribution in [1.29, 1.82) is 0 Å². The van der Waals surface area contributed by atoms with E-state index in [1.807, 2.05) is 0 Å². The maximum Gasteiger partial charge on any atom is 0.248 e. The lowest BCUT2D eigenvalue weighted by Gasteiger charge is -2.21. The molecule has 0 atom stereocenters. The summed E-state index contributed by atoms with van der Waals surface area (Å²) in [5.41, 5.74) is 5.38. The van der Waals surface area contributed by atoms with Gasteiger partial charge in [-0.3, -0.25) is 4.79 Å². The van der Waals surface area contributed by atoms with Gasteiger partial charge in [0.05, 0.1) is 12.2 Å². The predicted octanol–water partition coefficient (Wildman–Crippen LogP) is 0.943. The van der Waals surface area contributed by atoms with Gasteiger partial charge in [0.1, 0.15) is 10.7 Å². The van der Waals surface area contributed by atoms with Gasteiger partial charge in [-0.25, -0.2) is 12.8 Å². The SMILES string of the molecule is CCN(CC(=O)NC(C)C)S(=O)(=O)c1c(N)cccc1F. The average molecular weight is 317 g/mol. The second-order valence-electron chi connectivity index (χ2n) is 4.81. The third kappa shape index (κ3) is 4.15. The molecule has 1 amide bonds. The highest BCUT2D eigenvalue weighted by molar-refractivity contribution is 7.89. The van der Waals surface area contributed by atoms with Crippen molar-refractivity contribution in [2.75, 3.05) is 18.8 Å². The fourth-order valence-electron chi connectivity index (χ4n) is 1.82. The second kappa shape index (κ2) is 6.86. The van der Waals surface area contributed by atoms with Gasteiger partial charge in [0.15, 0.2) is 0 Å². The number of sulfonamides is 1. The fraction of sp³-hybridized carbons (Fsp3) is 0.462. The van der Waals surface area contributed by atoms with E-state index < -0.39 is 26.6 Å². The normalized spacial score (nSPS) is 11.9. The molecule has 3 N–H and O–H groups in total. The van der Waals surface area contributed by atoms with Gasteiger partial charge in [-0.05, 0) is 26.0 Å². The van der Waals surface area contributed by atoms with E-state index in [0.717, 1.165) is 10.4 Å². The Labute approximate surface area is 124 Å². The summed E-state index contributed by atoms with van der Waals surface area (Å²) in [6.07, 6.45) is 0. The van der Waals surface area contributed by atoms with Gasteiger partial charge in [0, 0.05) is 12.6 Å². The van der Waals surface area contributed by atoms with E-state index in [2.05, 4.69) is 5.32 Å². The molecule has 1 aromatic carbocycles. The summed E-state index contributed by atoms with van der Waals surface area (Å²) < 4.78 is 39.6. The molecular formula is C13H20FN3O3S. The van der Waals surface area contributed by atoms with Gasteiger partial charge in [-0.15, -0.1) is 0 Å². The van der Waals surface area contributed by atoms with E-state index in [1.54, 1.807) is 20.8 Å². The Hall–Kier alpha value is -1.67. The Kier molecular flexibility index (Phi) is 5.68. The molecule has 1 aromatic rings. The number of amides is 1. The molecule has 1 rings (SSSR count). The maximum absolute atomic E-state index is 13.8. The number of nitrogens with one attached hydrogen (secondary N) is 1. The molecule has 0 aliphatic carbocycles. The molecular weight excluding hydrogens is 297 g/mol. The van der Waals surface area contributed by atoms with Gasteiger partial charge in [0.2, 0.25) is 15.9 Å². The lowest BCUT2D eigenvalue weighted by molar-refractivity contribution is -0.121.